The fourth-order valence-corrected chi connectivity index (χ4v) is 1.90. The van der Waals surface area contributed by atoms with Gasteiger partial charge in [-0.1, -0.05) is 18.2 Å². The lowest BCUT2D eigenvalue weighted by molar-refractivity contribution is 0.311. The molecule has 0 amide bonds. The van der Waals surface area contributed by atoms with E-state index in [-0.39, 0.29) is 0 Å². The molecule has 21 heavy (non-hydrogen) atoms. The topological polar surface area (TPSA) is 34.1 Å². The number of hydrazone groups is 1. The molecule has 4 nitrogen and oxygen atoms in total. The average molecular weight is 284 g/mol. The number of ether oxygens (including phenoxy) is 2. The SMILES string of the molecule is CCOc1ccc(/C=N/N(C)c2ccccc2)cc1OC. The van der Waals surface area contributed by atoms with Crippen LogP contribution in [0.3, 0.4) is 0 Å². The first-order valence-electron chi connectivity index (χ1n) is 6.88. The molecule has 2 aromatic carbocycles. The number of rotatable bonds is 6. The van der Waals surface area contributed by atoms with Crippen LogP contribution in [-0.4, -0.2) is 27.0 Å². The molecule has 0 aliphatic heterocycles. The van der Waals surface area contributed by atoms with Crippen LogP contribution in [0.25, 0.3) is 0 Å². The first-order chi connectivity index (χ1) is 10.2. The standard InChI is InChI=1S/C17H20N2O2/c1-4-21-16-11-10-14(12-17(16)20-3)13-18-19(2)15-8-6-5-7-9-15/h5-13H,4H2,1-3H3/b18-13+. The summed E-state index contributed by atoms with van der Waals surface area (Å²) in [6.07, 6.45) is 1.80. The molecule has 0 atom stereocenters. The fraction of sp³-hybridized carbons (Fsp3) is 0.235. The predicted octanol–water partition coefficient (Wildman–Crippen LogP) is 3.56. The zero-order valence-electron chi connectivity index (χ0n) is 12.6. The molecule has 4 heteroatoms. The van der Waals surface area contributed by atoms with E-state index in [0.717, 1.165) is 17.0 Å². The van der Waals surface area contributed by atoms with Gasteiger partial charge in [-0.3, -0.25) is 5.01 Å². The van der Waals surface area contributed by atoms with Crippen LogP contribution in [0.2, 0.25) is 0 Å². The van der Waals surface area contributed by atoms with Crippen LogP contribution in [-0.2, 0) is 0 Å². The number of benzene rings is 2. The van der Waals surface area contributed by atoms with Gasteiger partial charge in [0.05, 0.1) is 25.6 Å². The molecule has 2 aromatic rings. The van der Waals surface area contributed by atoms with E-state index in [1.807, 2.05) is 67.5 Å². The van der Waals surface area contributed by atoms with E-state index < -0.39 is 0 Å². The molecule has 0 saturated carbocycles. The normalized spacial score (nSPS) is 10.6. The zero-order valence-corrected chi connectivity index (χ0v) is 12.6. The molecule has 0 radical (unpaired) electrons. The minimum absolute atomic E-state index is 0.612. The van der Waals surface area contributed by atoms with E-state index in [1.54, 1.807) is 13.3 Å². The maximum atomic E-state index is 5.50. The molecule has 0 N–H and O–H groups in total. The highest BCUT2D eigenvalue weighted by Gasteiger charge is 2.04. The van der Waals surface area contributed by atoms with E-state index in [1.165, 1.54) is 0 Å². The summed E-state index contributed by atoms with van der Waals surface area (Å²) < 4.78 is 10.8. The first kappa shape index (κ1) is 14.9. The Morgan fingerprint density at radius 2 is 1.86 bits per heavy atom. The Hall–Kier alpha value is -2.49. The lowest BCUT2D eigenvalue weighted by Crippen LogP contribution is -2.08. The van der Waals surface area contributed by atoms with Crippen LogP contribution >= 0.6 is 0 Å². The molecule has 0 saturated heterocycles. The summed E-state index contributed by atoms with van der Waals surface area (Å²) >= 11 is 0. The van der Waals surface area contributed by atoms with Gasteiger partial charge < -0.3 is 9.47 Å². The summed E-state index contributed by atoms with van der Waals surface area (Å²) in [6.45, 7) is 2.56. The Morgan fingerprint density at radius 1 is 1.10 bits per heavy atom. The van der Waals surface area contributed by atoms with Gasteiger partial charge in [0.1, 0.15) is 0 Å². The summed E-state index contributed by atoms with van der Waals surface area (Å²) in [4.78, 5) is 0. The predicted molar refractivity (Wildman–Crippen MR) is 86.6 cm³/mol. The van der Waals surface area contributed by atoms with Crippen molar-refractivity contribution in [1.82, 2.24) is 0 Å². The Morgan fingerprint density at radius 3 is 2.52 bits per heavy atom. The van der Waals surface area contributed by atoms with Gasteiger partial charge in [-0.05, 0) is 42.8 Å². The van der Waals surface area contributed by atoms with Gasteiger partial charge in [-0.25, -0.2) is 0 Å². The van der Waals surface area contributed by atoms with Crippen molar-refractivity contribution in [3.8, 4) is 11.5 Å². The van der Waals surface area contributed by atoms with Crippen LogP contribution in [0.1, 0.15) is 12.5 Å². The number of nitrogens with zero attached hydrogens (tertiary/aromatic N) is 2. The van der Waals surface area contributed by atoms with E-state index in [9.17, 15) is 0 Å². The lowest BCUT2D eigenvalue weighted by atomic mass is 10.2. The average Bonchev–Trinajstić information content (AvgIpc) is 2.54. The third-order valence-corrected chi connectivity index (χ3v) is 3.00. The van der Waals surface area contributed by atoms with E-state index in [0.29, 0.717) is 12.4 Å². The summed E-state index contributed by atoms with van der Waals surface area (Å²) in [7, 11) is 3.55. The molecule has 0 unspecified atom stereocenters. The summed E-state index contributed by atoms with van der Waals surface area (Å²) in [5, 5.41) is 6.25. The molecule has 0 aliphatic carbocycles. The van der Waals surface area contributed by atoms with Crippen molar-refractivity contribution in [2.75, 3.05) is 25.8 Å². The minimum atomic E-state index is 0.612. The summed E-state index contributed by atoms with van der Waals surface area (Å²) in [5.74, 6) is 1.46. The van der Waals surface area contributed by atoms with Crippen molar-refractivity contribution in [3.63, 3.8) is 0 Å². The van der Waals surface area contributed by atoms with Crippen LogP contribution < -0.4 is 14.5 Å². The number of hydrogen-bond acceptors (Lipinski definition) is 4. The van der Waals surface area contributed by atoms with Gasteiger partial charge in [0.2, 0.25) is 0 Å². The molecular formula is C17H20N2O2. The van der Waals surface area contributed by atoms with Gasteiger partial charge in [-0.2, -0.15) is 5.10 Å². The number of hydrogen-bond donors (Lipinski definition) is 0. The number of anilines is 1. The lowest BCUT2D eigenvalue weighted by Gasteiger charge is -2.13. The number of para-hydroxylation sites is 1. The Kier molecular flexibility index (Phi) is 5.21. The van der Waals surface area contributed by atoms with Gasteiger partial charge in [0.15, 0.2) is 11.5 Å². The van der Waals surface area contributed by atoms with Crippen molar-refractivity contribution in [2.24, 2.45) is 5.10 Å². The minimum Gasteiger partial charge on any atom is -0.493 e. The fourth-order valence-electron chi connectivity index (χ4n) is 1.90. The molecule has 0 aromatic heterocycles. The van der Waals surface area contributed by atoms with Gasteiger partial charge in [0, 0.05) is 7.05 Å². The maximum Gasteiger partial charge on any atom is 0.161 e. The van der Waals surface area contributed by atoms with E-state index in [4.69, 9.17) is 9.47 Å². The number of methoxy groups -OCH3 is 1. The molecule has 0 heterocycles. The molecule has 0 bridgehead atoms. The second-order valence-corrected chi connectivity index (χ2v) is 4.45. The molecule has 0 fully saturated rings. The van der Waals surface area contributed by atoms with E-state index >= 15 is 0 Å². The monoisotopic (exact) mass is 284 g/mol. The van der Waals surface area contributed by atoms with Crippen LogP contribution in [0.15, 0.2) is 53.6 Å². The Balaban J connectivity index is 2.14. The highest BCUT2D eigenvalue weighted by Crippen LogP contribution is 2.27. The second kappa shape index (κ2) is 7.33. The molecule has 2 rings (SSSR count). The van der Waals surface area contributed by atoms with Crippen LogP contribution in [0, 0.1) is 0 Å². The summed E-state index contributed by atoms with van der Waals surface area (Å²) in [6, 6.07) is 15.7. The molecule has 0 spiro atoms. The summed E-state index contributed by atoms with van der Waals surface area (Å²) in [5.41, 5.74) is 1.99. The van der Waals surface area contributed by atoms with E-state index in [2.05, 4.69) is 5.10 Å². The van der Waals surface area contributed by atoms with Crippen molar-refractivity contribution in [2.45, 2.75) is 6.92 Å². The van der Waals surface area contributed by atoms with Crippen molar-refractivity contribution >= 4 is 11.9 Å². The first-order valence-corrected chi connectivity index (χ1v) is 6.88. The Labute approximate surface area is 125 Å². The van der Waals surface area contributed by atoms with Crippen molar-refractivity contribution < 1.29 is 9.47 Å². The quantitative estimate of drug-likeness (QED) is 0.601. The van der Waals surface area contributed by atoms with Crippen molar-refractivity contribution in [3.05, 3.63) is 54.1 Å². The van der Waals surface area contributed by atoms with Crippen LogP contribution in [0.5, 0.6) is 11.5 Å². The molecule has 110 valence electrons. The van der Waals surface area contributed by atoms with Crippen molar-refractivity contribution in [1.29, 1.82) is 0 Å². The molecule has 0 aliphatic rings. The second-order valence-electron chi connectivity index (χ2n) is 4.45. The molecular weight excluding hydrogens is 264 g/mol. The largest absolute Gasteiger partial charge is 0.493 e. The Bertz CT molecular complexity index is 597. The van der Waals surface area contributed by atoms with Gasteiger partial charge in [0.25, 0.3) is 0 Å². The highest BCUT2D eigenvalue weighted by atomic mass is 16.5. The highest BCUT2D eigenvalue weighted by molar-refractivity contribution is 5.81. The third kappa shape index (κ3) is 3.99. The zero-order chi connectivity index (χ0) is 15.1. The van der Waals surface area contributed by atoms with Crippen LogP contribution in [0.4, 0.5) is 5.69 Å². The maximum absolute atomic E-state index is 5.50. The smallest absolute Gasteiger partial charge is 0.161 e. The van der Waals surface area contributed by atoms with Gasteiger partial charge >= 0.3 is 0 Å². The van der Waals surface area contributed by atoms with Gasteiger partial charge in [-0.15, -0.1) is 0 Å². The third-order valence-electron chi connectivity index (χ3n) is 3.00.